The van der Waals surface area contributed by atoms with Crippen LogP contribution in [0.15, 0.2) is 24.3 Å². The van der Waals surface area contributed by atoms with E-state index < -0.39 is 17.7 Å². The Balaban J connectivity index is 2.43. The van der Waals surface area contributed by atoms with E-state index in [1.807, 2.05) is 6.92 Å². The average molecular weight is 237 g/mol. The second kappa shape index (κ2) is 4.25. The minimum Gasteiger partial charge on any atom is -0.319 e. The molecule has 0 aliphatic heterocycles. The fraction of sp³-hybridized carbons (Fsp3) is 0.250. The fourth-order valence-electron chi connectivity index (χ4n) is 1.83. The van der Waals surface area contributed by atoms with Crippen LogP contribution in [0.3, 0.4) is 0 Å². The molecule has 1 atom stereocenters. The minimum atomic E-state index is -0.651. The van der Waals surface area contributed by atoms with Gasteiger partial charge in [-0.3, -0.25) is 4.68 Å². The molecule has 1 aromatic heterocycles. The highest BCUT2D eigenvalue weighted by atomic mass is 19.1. The topological polar surface area (TPSA) is 43.8 Å². The monoisotopic (exact) mass is 237 g/mol. The summed E-state index contributed by atoms with van der Waals surface area (Å²) in [5, 5.41) is 4.15. The Bertz CT molecular complexity index is 549. The van der Waals surface area contributed by atoms with E-state index in [-0.39, 0.29) is 5.56 Å². The molecule has 2 N–H and O–H groups in total. The normalized spacial score (nSPS) is 12.8. The summed E-state index contributed by atoms with van der Waals surface area (Å²) in [6.07, 6.45) is 0. The highest BCUT2D eigenvalue weighted by Gasteiger charge is 2.17. The second-order valence-electron chi connectivity index (χ2n) is 3.98. The number of aromatic nitrogens is 2. The zero-order chi connectivity index (χ0) is 12.6. The van der Waals surface area contributed by atoms with Crippen molar-refractivity contribution in [3.63, 3.8) is 0 Å². The molecule has 0 fully saturated rings. The number of halogens is 2. The standard InChI is InChI=1S/C12H13F2N3/c1-7-5-11(17(2)16-7)12(15)9-4-3-8(13)6-10(9)14/h3-6,12H,15H2,1-2H3. The largest absolute Gasteiger partial charge is 0.319 e. The summed E-state index contributed by atoms with van der Waals surface area (Å²) in [5.74, 6) is -1.25. The van der Waals surface area contributed by atoms with Gasteiger partial charge in [0.05, 0.1) is 17.4 Å². The Hall–Kier alpha value is -1.75. The number of nitrogens with zero attached hydrogens (tertiary/aromatic N) is 2. The highest BCUT2D eigenvalue weighted by molar-refractivity contribution is 5.29. The summed E-state index contributed by atoms with van der Waals surface area (Å²) in [6, 6.07) is 4.52. The molecule has 1 aromatic carbocycles. The van der Waals surface area contributed by atoms with Crippen molar-refractivity contribution >= 4 is 0 Å². The van der Waals surface area contributed by atoms with Crippen LogP contribution in [0.5, 0.6) is 0 Å². The molecule has 1 unspecified atom stereocenters. The number of aryl methyl sites for hydroxylation is 2. The smallest absolute Gasteiger partial charge is 0.131 e. The Labute approximate surface area is 97.9 Å². The highest BCUT2D eigenvalue weighted by Crippen LogP contribution is 2.22. The van der Waals surface area contributed by atoms with Crippen molar-refractivity contribution < 1.29 is 8.78 Å². The minimum absolute atomic E-state index is 0.259. The van der Waals surface area contributed by atoms with E-state index in [4.69, 9.17) is 5.73 Å². The molecule has 17 heavy (non-hydrogen) atoms. The van der Waals surface area contributed by atoms with Gasteiger partial charge < -0.3 is 5.73 Å². The summed E-state index contributed by atoms with van der Waals surface area (Å²) < 4.78 is 28.0. The fourth-order valence-corrected chi connectivity index (χ4v) is 1.83. The number of rotatable bonds is 2. The third-order valence-corrected chi connectivity index (χ3v) is 2.65. The van der Waals surface area contributed by atoms with Gasteiger partial charge in [0.1, 0.15) is 11.6 Å². The molecule has 1 heterocycles. The summed E-state index contributed by atoms with van der Waals surface area (Å²) in [5.41, 5.74) is 7.71. The Kier molecular flexibility index (Phi) is 2.93. The second-order valence-corrected chi connectivity index (χ2v) is 3.98. The Morgan fingerprint density at radius 1 is 1.29 bits per heavy atom. The molecule has 2 rings (SSSR count). The molecule has 0 aliphatic rings. The Morgan fingerprint density at radius 3 is 2.53 bits per heavy atom. The van der Waals surface area contributed by atoms with E-state index >= 15 is 0 Å². The van der Waals surface area contributed by atoms with Crippen molar-refractivity contribution in [1.29, 1.82) is 0 Å². The van der Waals surface area contributed by atoms with Gasteiger partial charge in [-0.2, -0.15) is 5.10 Å². The van der Waals surface area contributed by atoms with Gasteiger partial charge in [0.2, 0.25) is 0 Å². The van der Waals surface area contributed by atoms with Gasteiger partial charge in [0.25, 0.3) is 0 Å². The van der Waals surface area contributed by atoms with E-state index in [1.54, 1.807) is 17.8 Å². The van der Waals surface area contributed by atoms with Gasteiger partial charge >= 0.3 is 0 Å². The summed E-state index contributed by atoms with van der Waals surface area (Å²) in [4.78, 5) is 0. The van der Waals surface area contributed by atoms with Gasteiger partial charge in [-0.05, 0) is 19.1 Å². The van der Waals surface area contributed by atoms with E-state index in [2.05, 4.69) is 5.10 Å². The molecule has 0 saturated carbocycles. The van der Waals surface area contributed by atoms with Crippen molar-refractivity contribution in [2.75, 3.05) is 0 Å². The summed E-state index contributed by atoms with van der Waals surface area (Å²) in [7, 11) is 1.74. The zero-order valence-electron chi connectivity index (χ0n) is 9.61. The molecule has 3 nitrogen and oxygen atoms in total. The van der Waals surface area contributed by atoms with Crippen LogP contribution in [0.25, 0.3) is 0 Å². The van der Waals surface area contributed by atoms with Crippen molar-refractivity contribution in [1.82, 2.24) is 9.78 Å². The lowest BCUT2D eigenvalue weighted by molar-refractivity contribution is 0.559. The molecular weight excluding hydrogens is 224 g/mol. The quantitative estimate of drug-likeness (QED) is 0.868. The van der Waals surface area contributed by atoms with E-state index in [0.717, 1.165) is 11.8 Å². The molecule has 0 bridgehead atoms. The van der Waals surface area contributed by atoms with Gasteiger partial charge in [-0.15, -0.1) is 0 Å². The van der Waals surface area contributed by atoms with Crippen molar-refractivity contribution in [3.8, 4) is 0 Å². The predicted molar refractivity (Wildman–Crippen MR) is 60.3 cm³/mol. The molecule has 0 saturated heterocycles. The molecular formula is C12H13F2N3. The molecule has 2 aromatic rings. The zero-order valence-corrected chi connectivity index (χ0v) is 9.61. The van der Waals surface area contributed by atoms with Crippen LogP contribution in [-0.2, 0) is 7.05 Å². The van der Waals surface area contributed by atoms with Crippen LogP contribution in [0.1, 0.15) is 23.0 Å². The van der Waals surface area contributed by atoms with Gasteiger partial charge in [-0.1, -0.05) is 6.07 Å². The maximum Gasteiger partial charge on any atom is 0.131 e. The molecule has 5 heteroatoms. The molecule has 0 spiro atoms. The maximum absolute atomic E-state index is 13.6. The van der Waals surface area contributed by atoms with Crippen LogP contribution >= 0.6 is 0 Å². The maximum atomic E-state index is 13.6. The summed E-state index contributed by atoms with van der Waals surface area (Å²) in [6.45, 7) is 1.83. The first kappa shape index (κ1) is 11.7. The van der Waals surface area contributed by atoms with Gasteiger partial charge in [-0.25, -0.2) is 8.78 Å². The SMILES string of the molecule is Cc1cc(C(N)c2ccc(F)cc2F)n(C)n1. The molecule has 0 aliphatic carbocycles. The number of hydrogen-bond donors (Lipinski definition) is 1. The lowest BCUT2D eigenvalue weighted by atomic mass is 10.0. The van der Waals surface area contributed by atoms with Crippen LogP contribution in [0, 0.1) is 18.6 Å². The van der Waals surface area contributed by atoms with Crippen molar-refractivity contribution in [3.05, 3.63) is 52.9 Å². The van der Waals surface area contributed by atoms with E-state index in [1.165, 1.54) is 12.1 Å². The van der Waals surface area contributed by atoms with Crippen LogP contribution in [0.2, 0.25) is 0 Å². The third-order valence-electron chi connectivity index (χ3n) is 2.65. The Morgan fingerprint density at radius 2 is 2.00 bits per heavy atom. The number of benzene rings is 1. The average Bonchev–Trinajstić information content (AvgIpc) is 2.57. The van der Waals surface area contributed by atoms with Gasteiger partial charge in [0.15, 0.2) is 0 Å². The first-order valence-corrected chi connectivity index (χ1v) is 5.20. The molecule has 0 radical (unpaired) electrons. The predicted octanol–water partition coefficient (Wildman–Crippen LogP) is 2.05. The molecule has 0 amide bonds. The number of hydrogen-bond acceptors (Lipinski definition) is 2. The summed E-state index contributed by atoms with van der Waals surface area (Å²) >= 11 is 0. The number of nitrogens with two attached hydrogens (primary N) is 1. The van der Waals surface area contributed by atoms with E-state index in [9.17, 15) is 8.78 Å². The van der Waals surface area contributed by atoms with Crippen LogP contribution in [0.4, 0.5) is 8.78 Å². The molecule has 90 valence electrons. The lowest BCUT2D eigenvalue weighted by Gasteiger charge is -2.13. The van der Waals surface area contributed by atoms with E-state index in [0.29, 0.717) is 5.69 Å². The first-order chi connectivity index (χ1) is 7.99. The van der Waals surface area contributed by atoms with Crippen molar-refractivity contribution in [2.45, 2.75) is 13.0 Å². The lowest BCUT2D eigenvalue weighted by Crippen LogP contribution is -2.17. The van der Waals surface area contributed by atoms with Crippen LogP contribution in [-0.4, -0.2) is 9.78 Å². The third kappa shape index (κ3) is 2.19. The van der Waals surface area contributed by atoms with Crippen LogP contribution < -0.4 is 5.73 Å². The van der Waals surface area contributed by atoms with Gasteiger partial charge in [0, 0.05) is 18.7 Å². The first-order valence-electron chi connectivity index (χ1n) is 5.20. The van der Waals surface area contributed by atoms with Crippen molar-refractivity contribution in [2.24, 2.45) is 12.8 Å².